The topological polar surface area (TPSA) is 58.9 Å². The second kappa shape index (κ2) is 4.93. The Bertz CT molecular complexity index is 415. The Balaban J connectivity index is 2.95. The number of oxime groups is 1. The fourth-order valence-corrected chi connectivity index (χ4v) is 1.34. The van der Waals surface area contributed by atoms with E-state index in [0.717, 1.165) is 4.47 Å². The maximum absolute atomic E-state index is 10.5. The molecule has 0 radical (unpaired) electrons. The van der Waals surface area contributed by atoms with Gasteiger partial charge in [-0.25, -0.2) is 4.79 Å². The maximum Gasteiger partial charge on any atom is 0.331 e. The molecule has 0 heterocycles. The molecule has 0 aliphatic rings. The molecule has 0 aliphatic carbocycles. The quantitative estimate of drug-likeness (QED) is 0.511. The summed E-state index contributed by atoms with van der Waals surface area (Å²) in [4.78, 5) is 15.0. The Morgan fingerprint density at radius 2 is 2.13 bits per heavy atom. The summed E-state index contributed by atoms with van der Waals surface area (Å²) in [6.45, 7) is 2.91. The molecule has 1 aromatic carbocycles. The Morgan fingerprint density at radius 1 is 1.47 bits per heavy atom. The summed E-state index contributed by atoms with van der Waals surface area (Å²) in [5.41, 5.74) is 0.967. The van der Waals surface area contributed by atoms with Gasteiger partial charge in [0.1, 0.15) is 5.75 Å². The van der Waals surface area contributed by atoms with Crippen molar-refractivity contribution < 1.29 is 14.7 Å². The van der Waals surface area contributed by atoms with E-state index in [9.17, 15) is 9.90 Å². The van der Waals surface area contributed by atoms with Gasteiger partial charge >= 0.3 is 5.97 Å². The van der Waals surface area contributed by atoms with Crippen molar-refractivity contribution in [2.75, 3.05) is 0 Å². The molecule has 1 rings (SSSR count). The Labute approximate surface area is 95.7 Å². The first-order chi connectivity index (χ1) is 7.00. The van der Waals surface area contributed by atoms with E-state index in [1.165, 1.54) is 6.92 Å². The number of halogens is 1. The van der Waals surface area contributed by atoms with Crippen LogP contribution in [-0.4, -0.2) is 16.8 Å². The SMILES string of the molecule is CC(=O)ON=C(C)c1ccc(Br)cc1O. The van der Waals surface area contributed by atoms with E-state index in [1.54, 1.807) is 25.1 Å². The molecule has 5 heteroatoms. The number of phenolic OH excluding ortho intramolecular Hbond substituents is 1. The van der Waals surface area contributed by atoms with Crippen LogP contribution in [0, 0.1) is 0 Å². The van der Waals surface area contributed by atoms with Crippen LogP contribution in [0.4, 0.5) is 0 Å². The summed E-state index contributed by atoms with van der Waals surface area (Å²) in [6.07, 6.45) is 0. The van der Waals surface area contributed by atoms with Crippen LogP contribution in [-0.2, 0) is 9.63 Å². The van der Waals surface area contributed by atoms with Gasteiger partial charge in [-0.3, -0.25) is 0 Å². The molecule has 0 amide bonds. The van der Waals surface area contributed by atoms with Gasteiger partial charge in [-0.2, -0.15) is 0 Å². The van der Waals surface area contributed by atoms with Gasteiger partial charge in [0, 0.05) is 17.0 Å². The molecule has 1 N–H and O–H groups in total. The van der Waals surface area contributed by atoms with Crippen molar-refractivity contribution in [3.63, 3.8) is 0 Å². The van der Waals surface area contributed by atoms with Crippen LogP contribution in [0.3, 0.4) is 0 Å². The number of rotatable bonds is 2. The zero-order chi connectivity index (χ0) is 11.4. The predicted octanol–water partition coefficient (Wildman–Crippen LogP) is 2.44. The molecule has 0 saturated carbocycles. The lowest BCUT2D eigenvalue weighted by Gasteiger charge is -2.03. The molecule has 4 nitrogen and oxygen atoms in total. The summed E-state index contributed by atoms with van der Waals surface area (Å²) < 4.78 is 0.768. The number of carbonyl (C=O) groups excluding carboxylic acids is 1. The maximum atomic E-state index is 10.5. The lowest BCUT2D eigenvalue weighted by atomic mass is 10.1. The van der Waals surface area contributed by atoms with Crippen molar-refractivity contribution in [3.8, 4) is 5.75 Å². The summed E-state index contributed by atoms with van der Waals surface area (Å²) >= 11 is 3.22. The molecule has 0 saturated heterocycles. The van der Waals surface area contributed by atoms with Crippen LogP contribution in [0.1, 0.15) is 19.4 Å². The molecule has 0 aromatic heterocycles. The minimum atomic E-state index is -0.494. The van der Waals surface area contributed by atoms with Crippen LogP contribution in [0.15, 0.2) is 27.8 Å². The van der Waals surface area contributed by atoms with Crippen LogP contribution in [0.25, 0.3) is 0 Å². The number of phenols is 1. The van der Waals surface area contributed by atoms with Gasteiger partial charge in [-0.15, -0.1) is 0 Å². The van der Waals surface area contributed by atoms with Gasteiger partial charge in [-0.05, 0) is 25.1 Å². The molecule has 80 valence electrons. The standard InChI is InChI=1S/C10H10BrNO3/c1-6(12-15-7(2)13)9-4-3-8(11)5-10(9)14/h3-5,14H,1-2H3. The van der Waals surface area contributed by atoms with Crippen LogP contribution in [0.5, 0.6) is 5.75 Å². The zero-order valence-electron chi connectivity index (χ0n) is 8.32. The molecule has 0 aliphatic heterocycles. The van der Waals surface area contributed by atoms with Gasteiger partial charge < -0.3 is 9.94 Å². The number of hydrogen-bond acceptors (Lipinski definition) is 4. The smallest absolute Gasteiger partial charge is 0.331 e. The van der Waals surface area contributed by atoms with Gasteiger partial charge in [0.2, 0.25) is 0 Å². The van der Waals surface area contributed by atoms with Gasteiger partial charge in [0.05, 0.1) is 5.71 Å². The highest BCUT2D eigenvalue weighted by molar-refractivity contribution is 9.10. The number of benzene rings is 1. The normalized spacial score (nSPS) is 11.3. The average molecular weight is 272 g/mol. The molecule has 0 atom stereocenters. The highest BCUT2D eigenvalue weighted by Crippen LogP contribution is 2.22. The summed E-state index contributed by atoms with van der Waals surface area (Å²) in [6, 6.07) is 4.99. The Hall–Kier alpha value is -1.36. The average Bonchev–Trinajstić information content (AvgIpc) is 2.14. The van der Waals surface area contributed by atoms with E-state index in [-0.39, 0.29) is 5.75 Å². The highest BCUT2D eigenvalue weighted by atomic mass is 79.9. The summed E-state index contributed by atoms with van der Waals surface area (Å²) in [5.74, 6) is -0.413. The number of aromatic hydroxyl groups is 1. The third-order valence-electron chi connectivity index (χ3n) is 1.66. The van der Waals surface area contributed by atoms with Gasteiger partial charge in [-0.1, -0.05) is 21.1 Å². The first-order valence-electron chi connectivity index (χ1n) is 4.22. The lowest BCUT2D eigenvalue weighted by molar-refractivity contribution is -0.140. The van der Waals surface area contributed by atoms with Gasteiger partial charge in [0.25, 0.3) is 0 Å². The Kier molecular flexibility index (Phi) is 3.85. The third kappa shape index (κ3) is 3.36. The summed E-state index contributed by atoms with van der Waals surface area (Å²) in [7, 11) is 0. The second-order valence-corrected chi connectivity index (χ2v) is 3.84. The van der Waals surface area contributed by atoms with Crippen molar-refractivity contribution in [2.45, 2.75) is 13.8 Å². The van der Waals surface area contributed by atoms with Crippen molar-refractivity contribution in [1.29, 1.82) is 0 Å². The number of carbonyl (C=O) groups is 1. The van der Waals surface area contributed by atoms with Crippen molar-refractivity contribution in [2.24, 2.45) is 5.16 Å². The van der Waals surface area contributed by atoms with Crippen LogP contribution in [0.2, 0.25) is 0 Å². The van der Waals surface area contributed by atoms with E-state index in [0.29, 0.717) is 11.3 Å². The van der Waals surface area contributed by atoms with E-state index >= 15 is 0 Å². The van der Waals surface area contributed by atoms with Crippen LogP contribution < -0.4 is 0 Å². The van der Waals surface area contributed by atoms with E-state index in [4.69, 9.17) is 0 Å². The third-order valence-corrected chi connectivity index (χ3v) is 2.15. The lowest BCUT2D eigenvalue weighted by Crippen LogP contribution is -1.99. The first-order valence-corrected chi connectivity index (χ1v) is 5.01. The predicted molar refractivity (Wildman–Crippen MR) is 59.8 cm³/mol. The molecule has 0 spiro atoms. The summed E-state index contributed by atoms with van der Waals surface area (Å²) in [5, 5.41) is 13.2. The van der Waals surface area contributed by atoms with Crippen molar-refractivity contribution >= 4 is 27.6 Å². The van der Waals surface area contributed by atoms with Crippen molar-refractivity contribution in [1.82, 2.24) is 0 Å². The molecule has 15 heavy (non-hydrogen) atoms. The largest absolute Gasteiger partial charge is 0.507 e. The minimum absolute atomic E-state index is 0.0813. The molecule has 0 bridgehead atoms. The van der Waals surface area contributed by atoms with E-state index in [1.807, 2.05) is 0 Å². The van der Waals surface area contributed by atoms with Crippen molar-refractivity contribution in [3.05, 3.63) is 28.2 Å². The number of nitrogens with zero attached hydrogens (tertiary/aromatic N) is 1. The molecular formula is C10H10BrNO3. The molecule has 0 unspecified atom stereocenters. The first kappa shape index (κ1) is 11.7. The molecule has 0 fully saturated rings. The molecule has 1 aromatic rings. The second-order valence-electron chi connectivity index (χ2n) is 2.92. The monoisotopic (exact) mass is 271 g/mol. The minimum Gasteiger partial charge on any atom is -0.507 e. The van der Waals surface area contributed by atoms with Gasteiger partial charge in [0.15, 0.2) is 0 Å². The fourth-order valence-electron chi connectivity index (χ4n) is 0.993. The van der Waals surface area contributed by atoms with E-state index in [2.05, 4.69) is 25.9 Å². The Morgan fingerprint density at radius 3 is 2.67 bits per heavy atom. The van der Waals surface area contributed by atoms with E-state index < -0.39 is 5.97 Å². The number of hydrogen-bond donors (Lipinski definition) is 1. The van der Waals surface area contributed by atoms with Crippen LogP contribution >= 0.6 is 15.9 Å². The highest BCUT2D eigenvalue weighted by Gasteiger charge is 2.05. The fraction of sp³-hybridized carbons (Fsp3) is 0.200. The molecular weight excluding hydrogens is 262 g/mol. The zero-order valence-corrected chi connectivity index (χ0v) is 9.91.